The van der Waals surface area contributed by atoms with E-state index in [2.05, 4.69) is 21.2 Å². The van der Waals surface area contributed by atoms with Crippen LogP contribution >= 0.6 is 15.9 Å². The van der Waals surface area contributed by atoms with E-state index in [9.17, 15) is 18.0 Å². The first-order valence-corrected chi connectivity index (χ1v) is 18.0. The van der Waals surface area contributed by atoms with Gasteiger partial charge in [0, 0.05) is 23.5 Å². The normalized spacial score (nSPS) is 12.5. The molecule has 2 atom stereocenters. The number of hydrogen-bond donors (Lipinski definition) is 1. The lowest BCUT2D eigenvalue weighted by Gasteiger charge is -2.34. The van der Waals surface area contributed by atoms with Crippen molar-refractivity contribution in [2.45, 2.75) is 64.1 Å². The van der Waals surface area contributed by atoms with Gasteiger partial charge in [-0.1, -0.05) is 95.1 Å². The van der Waals surface area contributed by atoms with Crippen LogP contribution in [0.3, 0.4) is 0 Å². The number of nitrogens with zero attached hydrogens (tertiary/aromatic N) is 2. The largest absolute Gasteiger partial charge is 0.492 e. The maximum Gasteiger partial charge on any atom is 0.264 e. The highest BCUT2D eigenvalue weighted by molar-refractivity contribution is 9.10. The minimum Gasteiger partial charge on any atom is -0.492 e. The maximum atomic E-state index is 14.7. The molecule has 0 aromatic heterocycles. The molecule has 4 aromatic carbocycles. The van der Waals surface area contributed by atoms with Gasteiger partial charge in [-0.25, -0.2) is 8.42 Å². The summed E-state index contributed by atoms with van der Waals surface area (Å²) in [4.78, 5) is 30.2. The van der Waals surface area contributed by atoms with E-state index in [1.165, 1.54) is 17.0 Å². The van der Waals surface area contributed by atoms with Crippen molar-refractivity contribution in [1.29, 1.82) is 0 Å². The molecule has 0 saturated heterocycles. The van der Waals surface area contributed by atoms with Crippen LogP contribution in [-0.4, -0.2) is 50.4 Å². The zero-order chi connectivity index (χ0) is 34.0. The molecule has 2 amide bonds. The average molecular weight is 721 g/mol. The molecular formula is C37H42BrN3O5S. The summed E-state index contributed by atoms with van der Waals surface area (Å²) in [5, 5.41) is 3.06. The summed E-state index contributed by atoms with van der Waals surface area (Å²) < 4.78 is 36.5. The molecule has 0 aliphatic rings. The second-order valence-corrected chi connectivity index (χ2v) is 14.2. The second kappa shape index (κ2) is 16.6. The maximum absolute atomic E-state index is 14.7. The van der Waals surface area contributed by atoms with Gasteiger partial charge < -0.3 is 15.0 Å². The van der Waals surface area contributed by atoms with Gasteiger partial charge in [0.05, 0.1) is 17.2 Å². The van der Waals surface area contributed by atoms with Gasteiger partial charge in [0.2, 0.25) is 11.8 Å². The van der Waals surface area contributed by atoms with Gasteiger partial charge >= 0.3 is 0 Å². The van der Waals surface area contributed by atoms with E-state index in [0.29, 0.717) is 18.8 Å². The highest BCUT2D eigenvalue weighted by Crippen LogP contribution is 2.33. The van der Waals surface area contributed by atoms with Gasteiger partial charge in [-0.05, 0) is 74.7 Å². The minimum absolute atomic E-state index is 0.0380. The fourth-order valence-corrected chi connectivity index (χ4v) is 6.99. The van der Waals surface area contributed by atoms with E-state index >= 15 is 0 Å². The number of nitrogens with one attached hydrogen (secondary N) is 1. The zero-order valence-electron chi connectivity index (χ0n) is 27.2. The molecule has 0 unspecified atom stereocenters. The summed E-state index contributed by atoms with van der Waals surface area (Å²) in [6.07, 6.45) is 0.948. The van der Waals surface area contributed by atoms with E-state index in [1.807, 2.05) is 82.3 Å². The molecule has 0 bridgehead atoms. The molecular weight excluding hydrogens is 678 g/mol. The predicted molar refractivity (Wildman–Crippen MR) is 190 cm³/mol. The van der Waals surface area contributed by atoms with Crippen LogP contribution in [0.4, 0.5) is 5.69 Å². The second-order valence-electron chi connectivity index (χ2n) is 11.4. The Labute approximate surface area is 286 Å². The smallest absolute Gasteiger partial charge is 0.264 e. The standard InChI is InChI=1S/C37H42BrN3O5S/c1-5-28(4)39-37(43)34(24-29-13-8-7-9-14-29)40(25-30-15-12-16-31(38)23-30)36(42)26-41(33-17-10-11-18-35(33)46-6-2)47(44,45)32-21-19-27(3)20-22-32/h7-23,28,34H,5-6,24-26H2,1-4H3,(H,39,43)/t28-,34-/m0/s1. The Hall–Kier alpha value is -4.15. The third-order valence-corrected chi connectivity index (χ3v) is 10.1. The number of ether oxygens (including phenoxy) is 1. The van der Waals surface area contributed by atoms with Crippen molar-refractivity contribution in [3.63, 3.8) is 0 Å². The zero-order valence-corrected chi connectivity index (χ0v) is 29.6. The van der Waals surface area contributed by atoms with Crippen molar-refractivity contribution in [1.82, 2.24) is 10.2 Å². The Balaban J connectivity index is 1.84. The number of aryl methyl sites for hydroxylation is 1. The molecule has 4 aromatic rings. The number of para-hydroxylation sites is 2. The van der Waals surface area contributed by atoms with Crippen LogP contribution in [-0.2, 0) is 32.6 Å². The van der Waals surface area contributed by atoms with E-state index in [0.717, 1.165) is 25.5 Å². The molecule has 0 fully saturated rings. The van der Waals surface area contributed by atoms with Crippen LogP contribution < -0.4 is 14.4 Å². The van der Waals surface area contributed by atoms with Gasteiger partial charge in [0.1, 0.15) is 18.3 Å². The third kappa shape index (κ3) is 9.45. The average Bonchev–Trinajstić information content (AvgIpc) is 3.06. The SMILES string of the molecule is CCOc1ccccc1N(CC(=O)N(Cc1cccc(Br)c1)[C@@H](Cc1ccccc1)C(=O)N[C@@H](C)CC)S(=O)(=O)c1ccc(C)cc1. The number of hydrogen-bond acceptors (Lipinski definition) is 5. The molecule has 0 aliphatic heterocycles. The van der Waals surface area contributed by atoms with Gasteiger partial charge in [-0.2, -0.15) is 0 Å². The number of carbonyl (C=O) groups is 2. The number of rotatable bonds is 15. The quantitative estimate of drug-likeness (QED) is 0.144. The summed E-state index contributed by atoms with van der Waals surface area (Å²) >= 11 is 3.52. The lowest BCUT2D eigenvalue weighted by atomic mass is 10.0. The molecule has 4 rings (SSSR count). The van der Waals surface area contributed by atoms with Crippen molar-refractivity contribution < 1.29 is 22.7 Å². The summed E-state index contributed by atoms with van der Waals surface area (Å²) in [6.45, 7) is 7.40. The van der Waals surface area contributed by atoms with Crippen LogP contribution in [0.5, 0.6) is 5.75 Å². The van der Waals surface area contributed by atoms with Crippen molar-refractivity contribution in [2.24, 2.45) is 0 Å². The molecule has 0 saturated carbocycles. The number of carbonyl (C=O) groups excluding carboxylic acids is 2. The first kappa shape index (κ1) is 35.7. The Morgan fingerprint density at radius 2 is 1.53 bits per heavy atom. The summed E-state index contributed by atoms with van der Waals surface area (Å²) in [5.41, 5.74) is 2.78. The van der Waals surface area contributed by atoms with Gasteiger partial charge in [0.15, 0.2) is 0 Å². The van der Waals surface area contributed by atoms with E-state index in [-0.39, 0.29) is 35.5 Å². The molecule has 0 aliphatic carbocycles. The van der Waals surface area contributed by atoms with Crippen LogP contribution in [0.25, 0.3) is 0 Å². The molecule has 0 spiro atoms. The van der Waals surface area contributed by atoms with Crippen molar-refractivity contribution in [3.05, 3.63) is 124 Å². The minimum atomic E-state index is -4.25. The molecule has 0 heterocycles. The molecule has 248 valence electrons. The molecule has 10 heteroatoms. The number of benzene rings is 4. The lowest BCUT2D eigenvalue weighted by Crippen LogP contribution is -2.54. The van der Waals surface area contributed by atoms with Crippen molar-refractivity contribution >= 4 is 43.5 Å². The topological polar surface area (TPSA) is 96.0 Å². The molecule has 47 heavy (non-hydrogen) atoms. The summed E-state index contributed by atoms with van der Waals surface area (Å²) in [6, 6.07) is 29.2. The van der Waals surface area contributed by atoms with Gasteiger partial charge in [-0.3, -0.25) is 13.9 Å². The van der Waals surface area contributed by atoms with E-state index in [1.54, 1.807) is 36.4 Å². The fraction of sp³-hybridized carbons (Fsp3) is 0.297. The number of anilines is 1. The van der Waals surface area contributed by atoms with Crippen molar-refractivity contribution in [3.8, 4) is 5.75 Å². The van der Waals surface area contributed by atoms with Crippen LogP contribution in [0.2, 0.25) is 0 Å². The van der Waals surface area contributed by atoms with Gasteiger partial charge in [-0.15, -0.1) is 0 Å². The van der Waals surface area contributed by atoms with E-state index in [4.69, 9.17) is 4.74 Å². The predicted octanol–water partition coefficient (Wildman–Crippen LogP) is 6.91. The number of sulfonamides is 1. The van der Waals surface area contributed by atoms with Crippen LogP contribution in [0.15, 0.2) is 112 Å². The van der Waals surface area contributed by atoms with Crippen LogP contribution in [0, 0.1) is 6.92 Å². The number of halogens is 1. The number of amides is 2. The Kier molecular flexibility index (Phi) is 12.6. The van der Waals surface area contributed by atoms with Crippen molar-refractivity contribution in [2.75, 3.05) is 17.5 Å². The van der Waals surface area contributed by atoms with Gasteiger partial charge in [0.25, 0.3) is 10.0 Å². The third-order valence-electron chi connectivity index (χ3n) is 7.84. The lowest BCUT2D eigenvalue weighted by molar-refractivity contribution is -0.140. The molecule has 0 radical (unpaired) electrons. The molecule has 8 nitrogen and oxygen atoms in total. The highest BCUT2D eigenvalue weighted by Gasteiger charge is 2.35. The highest BCUT2D eigenvalue weighted by atomic mass is 79.9. The Morgan fingerprint density at radius 3 is 2.19 bits per heavy atom. The summed E-state index contributed by atoms with van der Waals surface area (Å²) in [7, 11) is -4.25. The van der Waals surface area contributed by atoms with E-state index < -0.39 is 28.5 Å². The monoisotopic (exact) mass is 719 g/mol. The van der Waals surface area contributed by atoms with Crippen LogP contribution in [0.1, 0.15) is 43.9 Å². The first-order chi connectivity index (χ1) is 22.5. The summed E-state index contributed by atoms with van der Waals surface area (Å²) in [5.74, 6) is -0.520. The molecule has 1 N–H and O–H groups in total. The first-order valence-electron chi connectivity index (χ1n) is 15.7. The Morgan fingerprint density at radius 1 is 0.872 bits per heavy atom. The Bertz CT molecular complexity index is 1750. The fourth-order valence-electron chi connectivity index (χ4n) is 5.12.